The van der Waals surface area contributed by atoms with Crippen LogP contribution < -0.4 is 19.9 Å². The number of amides is 2. The van der Waals surface area contributed by atoms with Gasteiger partial charge in [-0.15, -0.1) is 0 Å². The molecule has 0 aliphatic carbocycles. The number of halogens is 1. The van der Waals surface area contributed by atoms with Crippen LogP contribution in [0.5, 0.6) is 11.5 Å². The number of carbonyl (C=O) groups is 2. The molecule has 0 aromatic heterocycles. The Morgan fingerprint density at radius 2 is 1.75 bits per heavy atom. The monoisotopic (exact) mass is 448 g/mol. The summed E-state index contributed by atoms with van der Waals surface area (Å²) in [6, 6.07) is 20.2. The van der Waals surface area contributed by atoms with Crippen molar-refractivity contribution in [2.24, 2.45) is 0 Å². The van der Waals surface area contributed by atoms with Crippen LogP contribution in [0.2, 0.25) is 5.02 Å². The first-order chi connectivity index (χ1) is 15.5. The fourth-order valence-electron chi connectivity index (χ4n) is 3.29. The average molecular weight is 449 g/mol. The maximum atomic E-state index is 12.8. The Morgan fingerprint density at radius 3 is 2.44 bits per heavy atom. The minimum atomic E-state index is -0.492. The molecule has 3 aromatic carbocycles. The summed E-state index contributed by atoms with van der Waals surface area (Å²) in [5.74, 6) is -0.142. The topological polar surface area (TPSA) is 67.9 Å². The molecule has 32 heavy (non-hydrogen) atoms. The van der Waals surface area contributed by atoms with Crippen LogP contribution in [-0.2, 0) is 16.2 Å². The van der Waals surface area contributed by atoms with Crippen LogP contribution in [0.4, 0.5) is 5.69 Å². The van der Waals surface area contributed by atoms with Crippen molar-refractivity contribution >= 4 is 35.2 Å². The van der Waals surface area contributed by atoms with Crippen LogP contribution in [-0.4, -0.2) is 18.9 Å². The van der Waals surface area contributed by atoms with E-state index in [1.807, 2.05) is 37.3 Å². The first kappa shape index (κ1) is 21.5. The SMILES string of the molecule is COc1cc(/C=C2/C(=O)NN(c3ccccc3)C2=O)cc(Cl)c1OCc1ccc(C)cc1. The summed E-state index contributed by atoms with van der Waals surface area (Å²) >= 11 is 6.46. The van der Waals surface area contributed by atoms with Crippen molar-refractivity contribution in [3.63, 3.8) is 0 Å². The molecule has 162 valence electrons. The van der Waals surface area contributed by atoms with Crippen LogP contribution in [0.1, 0.15) is 16.7 Å². The molecule has 1 fully saturated rings. The molecule has 6 nitrogen and oxygen atoms in total. The molecule has 0 unspecified atom stereocenters. The number of rotatable bonds is 6. The van der Waals surface area contributed by atoms with E-state index in [1.54, 1.807) is 36.4 Å². The summed E-state index contributed by atoms with van der Waals surface area (Å²) in [5.41, 5.74) is 5.85. The van der Waals surface area contributed by atoms with Crippen LogP contribution in [0.15, 0.2) is 72.3 Å². The van der Waals surface area contributed by atoms with E-state index in [9.17, 15) is 9.59 Å². The zero-order valence-corrected chi connectivity index (χ0v) is 18.3. The normalized spacial score (nSPS) is 14.6. The van der Waals surface area contributed by atoms with Gasteiger partial charge in [0.1, 0.15) is 12.2 Å². The first-order valence-electron chi connectivity index (χ1n) is 9.94. The molecule has 0 radical (unpaired) electrons. The van der Waals surface area contributed by atoms with E-state index in [1.165, 1.54) is 18.2 Å². The fraction of sp³-hybridized carbons (Fsp3) is 0.120. The van der Waals surface area contributed by atoms with Gasteiger partial charge in [-0.3, -0.25) is 15.0 Å². The van der Waals surface area contributed by atoms with Gasteiger partial charge in [-0.25, -0.2) is 5.01 Å². The number of aryl methyl sites for hydroxylation is 1. The summed E-state index contributed by atoms with van der Waals surface area (Å²) in [6.45, 7) is 2.34. The Morgan fingerprint density at radius 1 is 1.03 bits per heavy atom. The lowest BCUT2D eigenvalue weighted by molar-refractivity contribution is -0.117. The predicted octanol–water partition coefficient (Wildman–Crippen LogP) is 4.70. The highest BCUT2D eigenvalue weighted by atomic mass is 35.5. The van der Waals surface area contributed by atoms with Gasteiger partial charge in [0.05, 0.1) is 17.8 Å². The standard InChI is InChI=1S/C25H21ClN2O4/c1-16-8-10-17(11-9-16)15-32-23-21(26)13-18(14-22(23)31-2)12-20-24(29)27-28(25(20)30)19-6-4-3-5-7-19/h3-14H,15H2,1-2H3,(H,27,29)/b20-12-. The molecular formula is C25H21ClN2O4. The first-order valence-corrected chi connectivity index (χ1v) is 10.3. The van der Waals surface area contributed by atoms with Crippen LogP contribution in [0.25, 0.3) is 6.08 Å². The highest BCUT2D eigenvalue weighted by molar-refractivity contribution is 6.33. The number of hydrogen-bond acceptors (Lipinski definition) is 4. The third-order valence-electron chi connectivity index (χ3n) is 4.97. The van der Waals surface area contributed by atoms with Crippen molar-refractivity contribution in [1.82, 2.24) is 5.43 Å². The minimum absolute atomic E-state index is 0.000275. The molecule has 1 N–H and O–H groups in total. The molecule has 0 spiro atoms. The lowest BCUT2D eigenvalue weighted by atomic mass is 10.1. The molecular weight excluding hydrogens is 428 g/mol. The number of para-hydroxylation sites is 1. The number of nitrogens with one attached hydrogen (secondary N) is 1. The Kier molecular flexibility index (Phi) is 6.14. The Hall–Kier alpha value is -3.77. The smallest absolute Gasteiger partial charge is 0.282 e. The number of ether oxygens (including phenoxy) is 2. The van der Waals surface area contributed by atoms with E-state index in [4.69, 9.17) is 21.1 Å². The number of anilines is 1. The molecule has 0 saturated carbocycles. The lowest BCUT2D eigenvalue weighted by Crippen LogP contribution is -2.35. The van der Waals surface area contributed by atoms with Crippen LogP contribution in [0, 0.1) is 6.92 Å². The quantitative estimate of drug-likeness (QED) is 0.438. The molecule has 1 aliphatic heterocycles. The van der Waals surface area contributed by atoms with Gasteiger partial charge in [-0.05, 0) is 48.4 Å². The Bertz CT molecular complexity index is 1190. The fourth-order valence-corrected chi connectivity index (χ4v) is 3.56. The summed E-state index contributed by atoms with van der Waals surface area (Å²) < 4.78 is 11.3. The summed E-state index contributed by atoms with van der Waals surface area (Å²) in [7, 11) is 1.51. The van der Waals surface area contributed by atoms with E-state index >= 15 is 0 Å². The predicted molar refractivity (Wildman–Crippen MR) is 124 cm³/mol. The molecule has 3 aromatic rings. The van der Waals surface area contributed by atoms with Gasteiger partial charge in [0.15, 0.2) is 11.5 Å². The number of hydrazine groups is 1. The third kappa shape index (κ3) is 4.45. The number of hydrogen-bond donors (Lipinski definition) is 1. The molecule has 4 rings (SSSR count). The molecule has 1 heterocycles. The van der Waals surface area contributed by atoms with E-state index in [-0.39, 0.29) is 5.57 Å². The van der Waals surface area contributed by atoms with Gasteiger partial charge >= 0.3 is 0 Å². The second-order valence-corrected chi connectivity index (χ2v) is 7.69. The zero-order chi connectivity index (χ0) is 22.7. The van der Waals surface area contributed by atoms with Crippen LogP contribution >= 0.6 is 11.6 Å². The van der Waals surface area contributed by atoms with E-state index in [0.717, 1.165) is 11.1 Å². The summed E-state index contributed by atoms with van der Waals surface area (Å²) in [5, 5.41) is 1.53. The minimum Gasteiger partial charge on any atom is -0.493 e. The Balaban J connectivity index is 1.58. The lowest BCUT2D eigenvalue weighted by Gasteiger charge is -2.14. The van der Waals surface area contributed by atoms with Gasteiger partial charge in [-0.2, -0.15) is 0 Å². The van der Waals surface area contributed by atoms with E-state index in [0.29, 0.717) is 34.4 Å². The summed E-state index contributed by atoms with van der Waals surface area (Å²) in [4.78, 5) is 25.2. The van der Waals surface area contributed by atoms with Gasteiger partial charge in [0, 0.05) is 0 Å². The maximum absolute atomic E-state index is 12.8. The van der Waals surface area contributed by atoms with Gasteiger partial charge in [0.25, 0.3) is 11.8 Å². The maximum Gasteiger partial charge on any atom is 0.282 e. The van der Waals surface area contributed by atoms with Gasteiger partial charge in [-0.1, -0.05) is 59.6 Å². The largest absolute Gasteiger partial charge is 0.493 e. The molecule has 0 atom stereocenters. The highest BCUT2D eigenvalue weighted by Crippen LogP contribution is 2.38. The van der Waals surface area contributed by atoms with Crippen molar-refractivity contribution in [2.75, 3.05) is 12.1 Å². The van der Waals surface area contributed by atoms with Crippen LogP contribution in [0.3, 0.4) is 0 Å². The number of carbonyl (C=O) groups excluding carboxylic acids is 2. The van der Waals surface area contributed by atoms with Crippen molar-refractivity contribution in [2.45, 2.75) is 13.5 Å². The number of methoxy groups -OCH3 is 1. The molecule has 1 saturated heterocycles. The van der Waals surface area contributed by atoms with E-state index in [2.05, 4.69) is 5.43 Å². The van der Waals surface area contributed by atoms with Crippen molar-refractivity contribution in [1.29, 1.82) is 0 Å². The van der Waals surface area contributed by atoms with Gasteiger partial charge in [0.2, 0.25) is 0 Å². The third-order valence-corrected chi connectivity index (χ3v) is 5.25. The molecule has 2 amide bonds. The van der Waals surface area contributed by atoms with Crippen molar-refractivity contribution in [3.8, 4) is 11.5 Å². The highest BCUT2D eigenvalue weighted by Gasteiger charge is 2.34. The second-order valence-electron chi connectivity index (χ2n) is 7.28. The zero-order valence-electron chi connectivity index (χ0n) is 17.6. The van der Waals surface area contributed by atoms with Gasteiger partial charge < -0.3 is 9.47 Å². The van der Waals surface area contributed by atoms with Crippen molar-refractivity contribution in [3.05, 3.63) is 94.0 Å². The van der Waals surface area contributed by atoms with Crippen molar-refractivity contribution < 1.29 is 19.1 Å². The number of benzene rings is 3. The molecule has 0 bridgehead atoms. The molecule has 1 aliphatic rings. The Labute approximate surface area is 191 Å². The second kappa shape index (κ2) is 9.16. The summed E-state index contributed by atoms with van der Waals surface area (Å²) in [6.07, 6.45) is 1.48. The average Bonchev–Trinajstić information content (AvgIpc) is 3.08. The number of nitrogens with zero attached hydrogens (tertiary/aromatic N) is 1. The molecule has 7 heteroatoms. The van der Waals surface area contributed by atoms with E-state index < -0.39 is 11.8 Å².